The van der Waals surface area contributed by atoms with Crippen LogP contribution in [0.1, 0.15) is 32.1 Å². The van der Waals surface area contributed by atoms with E-state index >= 15 is 0 Å². The molecule has 1 aliphatic rings. The van der Waals surface area contributed by atoms with Crippen molar-refractivity contribution in [3.63, 3.8) is 0 Å². The molecular formula is C29H31N5O4S. The molecule has 39 heavy (non-hydrogen) atoms. The van der Waals surface area contributed by atoms with Gasteiger partial charge in [0, 0.05) is 30.8 Å². The molecule has 0 aliphatic heterocycles. The Balaban J connectivity index is 1.41. The molecule has 0 atom stereocenters. The standard InChI is InChI=1S/C29H31N5O4S/c1-38-23-14-8-7-13-22(23)32-25(36)18-39-29-33-26-21(19-9-3-2-4-10-19)17-30-27(26)28(37)34(29)16-15-24(35)31-20-11-5-6-12-20/h2-4,7-10,13-14,17,20,30H,5-6,11-12,15-16,18H2,1H3,(H,31,35)(H,32,36). The predicted molar refractivity (Wildman–Crippen MR) is 153 cm³/mol. The van der Waals surface area contributed by atoms with Crippen molar-refractivity contribution in [2.45, 2.75) is 49.8 Å². The predicted octanol–water partition coefficient (Wildman–Crippen LogP) is 4.58. The van der Waals surface area contributed by atoms with E-state index in [0.29, 0.717) is 27.6 Å². The minimum absolute atomic E-state index is 0.0232. The third-order valence-electron chi connectivity index (χ3n) is 6.83. The van der Waals surface area contributed by atoms with Gasteiger partial charge in [-0.25, -0.2) is 4.98 Å². The molecule has 9 nitrogen and oxygen atoms in total. The SMILES string of the molecule is COc1ccccc1NC(=O)CSc1nc2c(-c3ccccc3)c[nH]c2c(=O)n1CCC(=O)NC1CCCC1. The quantitative estimate of drug-likeness (QED) is 0.198. The molecule has 4 aromatic rings. The average Bonchev–Trinajstić information content (AvgIpc) is 3.62. The second kappa shape index (κ2) is 12.2. The molecule has 5 rings (SSSR count). The van der Waals surface area contributed by atoms with Crippen molar-refractivity contribution in [2.75, 3.05) is 18.2 Å². The van der Waals surface area contributed by atoms with Gasteiger partial charge in [0.1, 0.15) is 16.8 Å². The van der Waals surface area contributed by atoms with Crippen LogP contribution in [0.3, 0.4) is 0 Å². The number of anilines is 1. The number of thioether (sulfide) groups is 1. The highest BCUT2D eigenvalue weighted by Gasteiger charge is 2.20. The van der Waals surface area contributed by atoms with Gasteiger partial charge in [0.05, 0.1) is 18.6 Å². The third kappa shape index (κ3) is 6.17. The number of hydrogen-bond acceptors (Lipinski definition) is 6. The summed E-state index contributed by atoms with van der Waals surface area (Å²) in [6.07, 6.45) is 6.16. The summed E-state index contributed by atoms with van der Waals surface area (Å²) in [5, 5.41) is 6.31. The smallest absolute Gasteiger partial charge is 0.278 e. The lowest BCUT2D eigenvalue weighted by Crippen LogP contribution is -2.34. The zero-order valence-corrected chi connectivity index (χ0v) is 22.6. The summed E-state index contributed by atoms with van der Waals surface area (Å²) in [6.45, 7) is 0.163. The fourth-order valence-electron chi connectivity index (χ4n) is 4.87. The second-order valence-electron chi connectivity index (χ2n) is 9.48. The second-order valence-corrected chi connectivity index (χ2v) is 10.4. The molecule has 202 valence electrons. The highest BCUT2D eigenvalue weighted by molar-refractivity contribution is 7.99. The molecule has 2 aromatic heterocycles. The molecular weight excluding hydrogens is 514 g/mol. The van der Waals surface area contributed by atoms with Crippen LogP contribution in [0, 0.1) is 0 Å². The number of aromatic nitrogens is 3. The van der Waals surface area contributed by atoms with E-state index in [1.54, 1.807) is 25.4 Å². The number of nitrogens with zero attached hydrogens (tertiary/aromatic N) is 2. The molecule has 0 unspecified atom stereocenters. The molecule has 2 heterocycles. The van der Waals surface area contributed by atoms with E-state index in [9.17, 15) is 14.4 Å². The molecule has 0 saturated heterocycles. The van der Waals surface area contributed by atoms with Crippen molar-refractivity contribution in [1.82, 2.24) is 19.9 Å². The van der Waals surface area contributed by atoms with E-state index < -0.39 is 0 Å². The van der Waals surface area contributed by atoms with Crippen LogP contribution in [0.2, 0.25) is 0 Å². The molecule has 0 bridgehead atoms. The topological polar surface area (TPSA) is 118 Å². The van der Waals surface area contributed by atoms with Gasteiger partial charge < -0.3 is 20.4 Å². The molecule has 1 aliphatic carbocycles. The Morgan fingerprint density at radius 1 is 1.08 bits per heavy atom. The molecule has 3 N–H and O–H groups in total. The van der Waals surface area contributed by atoms with E-state index in [0.717, 1.165) is 48.6 Å². The van der Waals surface area contributed by atoms with E-state index in [4.69, 9.17) is 9.72 Å². The molecule has 10 heteroatoms. The van der Waals surface area contributed by atoms with Gasteiger partial charge in [0.15, 0.2) is 5.16 Å². The highest BCUT2D eigenvalue weighted by Crippen LogP contribution is 2.28. The zero-order valence-electron chi connectivity index (χ0n) is 21.7. The monoisotopic (exact) mass is 545 g/mol. The van der Waals surface area contributed by atoms with Crippen LogP contribution in [0.4, 0.5) is 5.69 Å². The first-order valence-electron chi connectivity index (χ1n) is 13.1. The lowest BCUT2D eigenvalue weighted by atomic mass is 10.1. The Bertz CT molecular complexity index is 1530. The molecule has 2 amide bonds. The van der Waals surface area contributed by atoms with Gasteiger partial charge in [-0.05, 0) is 30.5 Å². The van der Waals surface area contributed by atoms with E-state index in [1.807, 2.05) is 42.5 Å². The van der Waals surface area contributed by atoms with Gasteiger partial charge in [0.2, 0.25) is 11.8 Å². The first-order valence-corrected chi connectivity index (χ1v) is 14.0. The summed E-state index contributed by atoms with van der Waals surface area (Å²) in [5.41, 5.74) is 2.91. The molecule has 0 spiro atoms. The van der Waals surface area contributed by atoms with Gasteiger partial charge in [-0.15, -0.1) is 0 Å². The fraction of sp³-hybridized carbons (Fsp3) is 0.310. The number of aromatic amines is 1. The number of hydrogen-bond donors (Lipinski definition) is 3. The number of ether oxygens (including phenoxy) is 1. The molecule has 1 saturated carbocycles. The van der Waals surface area contributed by atoms with Crippen LogP contribution in [0.25, 0.3) is 22.2 Å². The summed E-state index contributed by atoms with van der Waals surface area (Å²) < 4.78 is 6.81. The Labute approximate surface area is 230 Å². The molecule has 2 aromatic carbocycles. The fourth-order valence-corrected chi connectivity index (χ4v) is 5.68. The van der Waals surface area contributed by atoms with Gasteiger partial charge >= 0.3 is 0 Å². The van der Waals surface area contributed by atoms with Crippen LogP contribution in [-0.4, -0.2) is 45.3 Å². The number of carbonyl (C=O) groups excluding carboxylic acids is 2. The van der Waals surface area contributed by atoms with E-state index in [-0.39, 0.29) is 42.1 Å². The number of H-pyrrole nitrogens is 1. The summed E-state index contributed by atoms with van der Waals surface area (Å²) in [6, 6.07) is 17.1. The van der Waals surface area contributed by atoms with Crippen molar-refractivity contribution in [2.24, 2.45) is 0 Å². The lowest BCUT2D eigenvalue weighted by Gasteiger charge is -2.15. The Kier molecular flexibility index (Phi) is 8.31. The maximum Gasteiger partial charge on any atom is 0.278 e. The van der Waals surface area contributed by atoms with E-state index in [2.05, 4.69) is 15.6 Å². The van der Waals surface area contributed by atoms with Gasteiger partial charge in [-0.2, -0.15) is 0 Å². The summed E-state index contributed by atoms with van der Waals surface area (Å²) in [5.74, 6) is 0.229. The number of methoxy groups -OCH3 is 1. The maximum absolute atomic E-state index is 13.6. The number of nitrogens with one attached hydrogen (secondary N) is 3. The van der Waals surface area contributed by atoms with Crippen LogP contribution >= 0.6 is 11.8 Å². The maximum atomic E-state index is 13.6. The third-order valence-corrected chi connectivity index (χ3v) is 7.81. The molecule has 0 radical (unpaired) electrons. The summed E-state index contributed by atoms with van der Waals surface area (Å²) in [4.78, 5) is 47.0. The van der Waals surface area contributed by atoms with Crippen molar-refractivity contribution in [3.8, 4) is 16.9 Å². The Morgan fingerprint density at radius 3 is 2.59 bits per heavy atom. The number of benzene rings is 2. The minimum atomic E-state index is -0.275. The lowest BCUT2D eigenvalue weighted by molar-refractivity contribution is -0.122. The van der Waals surface area contributed by atoms with Gasteiger partial charge in [-0.1, -0.05) is 67.1 Å². The first kappa shape index (κ1) is 26.6. The van der Waals surface area contributed by atoms with Crippen LogP contribution < -0.4 is 20.9 Å². The van der Waals surface area contributed by atoms with Crippen molar-refractivity contribution in [1.29, 1.82) is 0 Å². The Morgan fingerprint density at radius 2 is 1.82 bits per heavy atom. The average molecular weight is 546 g/mol. The van der Waals surface area contributed by atoms with Crippen LogP contribution in [0.5, 0.6) is 5.75 Å². The van der Waals surface area contributed by atoms with Gasteiger partial charge in [0.25, 0.3) is 5.56 Å². The number of fused-ring (bicyclic) bond motifs is 1. The van der Waals surface area contributed by atoms with E-state index in [1.165, 1.54) is 4.57 Å². The zero-order chi connectivity index (χ0) is 27.2. The van der Waals surface area contributed by atoms with Crippen molar-refractivity contribution in [3.05, 3.63) is 71.1 Å². The number of carbonyl (C=O) groups is 2. The Hall–Kier alpha value is -4.05. The molecule has 1 fully saturated rings. The normalized spacial score (nSPS) is 13.5. The largest absolute Gasteiger partial charge is 0.495 e. The van der Waals surface area contributed by atoms with Crippen molar-refractivity contribution < 1.29 is 14.3 Å². The minimum Gasteiger partial charge on any atom is -0.495 e. The van der Waals surface area contributed by atoms with Crippen LogP contribution in [0.15, 0.2) is 70.7 Å². The summed E-state index contributed by atoms with van der Waals surface area (Å²) in [7, 11) is 1.54. The van der Waals surface area contributed by atoms with Crippen molar-refractivity contribution >= 4 is 40.3 Å². The number of rotatable bonds is 10. The number of amides is 2. The highest BCUT2D eigenvalue weighted by atomic mass is 32.2. The summed E-state index contributed by atoms with van der Waals surface area (Å²) >= 11 is 1.16. The van der Waals surface area contributed by atoms with Gasteiger partial charge in [-0.3, -0.25) is 19.0 Å². The first-order chi connectivity index (χ1) is 19.0. The number of para-hydroxylation sites is 2. The van der Waals surface area contributed by atoms with Crippen LogP contribution in [-0.2, 0) is 16.1 Å².